The summed E-state index contributed by atoms with van der Waals surface area (Å²) in [5.41, 5.74) is 2.63. The molecule has 1 fully saturated rings. The van der Waals surface area contributed by atoms with Gasteiger partial charge < -0.3 is 4.74 Å². The van der Waals surface area contributed by atoms with Gasteiger partial charge in [-0.25, -0.2) is 4.79 Å². The molecule has 0 aromatic carbocycles. The molecule has 2 rings (SSSR count). The first kappa shape index (κ1) is 16.8. The SMILES string of the molecule is CC[C@H]1O[C@@H](n2cc([13C]#C[Si](C)(C)C)c(=O)[nH]c2=O)C[C@H]1C. The lowest BCUT2D eigenvalue weighted by atomic mass is 10.0. The fourth-order valence-corrected chi connectivity index (χ4v) is 3.09. The molecule has 2 heterocycles. The van der Waals surface area contributed by atoms with Gasteiger partial charge in [0.05, 0.1) is 6.10 Å². The summed E-state index contributed by atoms with van der Waals surface area (Å²) in [6, 6.07) is 0. The van der Waals surface area contributed by atoms with Crippen LogP contribution in [0.1, 0.15) is 38.5 Å². The van der Waals surface area contributed by atoms with Crippen LogP contribution in [0, 0.1) is 17.4 Å². The highest BCUT2D eigenvalue weighted by Crippen LogP contribution is 2.33. The van der Waals surface area contributed by atoms with Gasteiger partial charge in [0.25, 0.3) is 5.56 Å². The maximum absolute atomic E-state index is 12.1. The van der Waals surface area contributed by atoms with Crippen molar-refractivity contribution in [3.05, 3.63) is 32.6 Å². The van der Waals surface area contributed by atoms with Gasteiger partial charge in [0.1, 0.15) is 19.9 Å². The molecule has 1 aromatic rings. The van der Waals surface area contributed by atoms with Crippen LogP contribution in [0.5, 0.6) is 0 Å². The Hall–Kier alpha value is -1.58. The third-order valence-corrected chi connectivity index (χ3v) is 4.67. The first-order valence-electron chi connectivity index (χ1n) is 7.75. The standard InChI is InChI=1S/C16H24N2O3Si/c1-6-13-11(2)9-14(21-13)18-10-12(7-8-22(3,4)5)15(19)17-16(18)20/h10-11,13-14H,6,9H2,1-5H3,(H,17,19,20)/t11-,13-,14-/m1/s1/i7+1. The largest absolute Gasteiger partial charge is 0.354 e. The minimum Gasteiger partial charge on any atom is -0.354 e. The summed E-state index contributed by atoms with van der Waals surface area (Å²) in [6.07, 6.45) is 3.06. The van der Waals surface area contributed by atoms with Crippen molar-refractivity contribution in [2.45, 2.75) is 58.7 Å². The summed E-state index contributed by atoms with van der Waals surface area (Å²) in [4.78, 5) is 26.3. The molecule has 1 aliphatic rings. The molecule has 0 spiro atoms. The van der Waals surface area contributed by atoms with E-state index in [4.69, 9.17) is 4.74 Å². The molecule has 6 heteroatoms. The predicted molar refractivity (Wildman–Crippen MR) is 89.5 cm³/mol. The van der Waals surface area contributed by atoms with E-state index < -0.39 is 19.3 Å². The Morgan fingerprint density at radius 2 is 2.09 bits per heavy atom. The van der Waals surface area contributed by atoms with Crippen molar-refractivity contribution < 1.29 is 4.74 Å². The van der Waals surface area contributed by atoms with Gasteiger partial charge in [-0.2, -0.15) is 0 Å². The topological polar surface area (TPSA) is 64.1 Å². The lowest BCUT2D eigenvalue weighted by Gasteiger charge is -2.15. The van der Waals surface area contributed by atoms with E-state index in [1.54, 1.807) is 6.20 Å². The Balaban J connectivity index is 2.39. The van der Waals surface area contributed by atoms with Gasteiger partial charge in [-0.15, -0.1) is 5.54 Å². The van der Waals surface area contributed by atoms with Crippen molar-refractivity contribution in [3.8, 4) is 11.5 Å². The van der Waals surface area contributed by atoms with Gasteiger partial charge in [-0.05, 0) is 18.8 Å². The molecule has 1 aromatic heterocycles. The highest BCUT2D eigenvalue weighted by molar-refractivity contribution is 6.83. The van der Waals surface area contributed by atoms with Crippen LogP contribution in [0.4, 0.5) is 0 Å². The molecule has 0 unspecified atom stereocenters. The van der Waals surface area contributed by atoms with Crippen molar-refractivity contribution in [2.75, 3.05) is 0 Å². The van der Waals surface area contributed by atoms with Gasteiger partial charge in [0, 0.05) is 6.20 Å². The van der Waals surface area contributed by atoms with Crippen molar-refractivity contribution in [3.63, 3.8) is 0 Å². The van der Waals surface area contributed by atoms with E-state index >= 15 is 0 Å². The van der Waals surface area contributed by atoms with Crippen molar-refractivity contribution >= 4 is 8.07 Å². The first-order valence-corrected chi connectivity index (χ1v) is 11.3. The van der Waals surface area contributed by atoms with Gasteiger partial charge in [-0.3, -0.25) is 14.3 Å². The second kappa shape index (κ2) is 6.27. The van der Waals surface area contributed by atoms with Crippen LogP contribution in [0.25, 0.3) is 0 Å². The van der Waals surface area contributed by atoms with Gasteiger partial charge in [0.15, 0.2) is 0 Å². The van der Waals surface area contributed by atoms with Crippen LogP contribution in [0.2, 0.25) is 19.6 Å². The van der Waals surface area contributed by atoms with Crippen LogP contribution in [0.3, 0.4) is 0 Å². The average molecular weight is 321 g/mol. The molecule has 1 aliphatic heterocycles. The Morgan fingerprint density at radius 1 is 1.41 bits per heavy atom. The van der Waals surface area contributed by atoms with E-state index in [1.165, 1.54) is 4.57 Å². The molecule has 5 nitrogen and oxygen atoms in total. The van der Waals surface area contributed by atoms with Crippen LogP contribution in [0.15, 0.2) is 15.8 Å². The van der Waals surface area contributed by atoms with Crippen LogP contribution >= 0.6 is 0 Å². The van der Waals surface area contributed by atoms with E-state index in [-0.39, 0.29) is 12.3 Å². The highest BCUT2D eigenvalue weighted by atomic mass is 28.3. The van der Waals surface area contributed by atoms with E-state index in [9.17, 15) is 9.59 Å². The summed E-state index contributed by atoms with van der Waals surface area (Å²) in [5.74, 6) is 3.33. The number of nitrogens with one attached hydrogen (secondary N) is 1. The summed E-state index contributed by atoms with van der Waals surface area (Å²) < 4.78 is 7.41. The fraction of sp³-hybridized carbons (Fsp3) is 0.625. The predicted octanol–water partition coefficient (Wildman–Crippen LogP) is 2.10. The summed E-state index contributed by atoms with van der Waals surface area (Å²) in [6.45, 7) is 10.5. The molecule has 0 radical (unpaired) electrons. The molecule has 0 amide bonds. The number of nitrogens with zero attached hydrogens (tertiary/aromatic N) is 1. The molecular formula is C16H24N2O3Si. The Kier molecular flexibility index (Phi) is 4.78. The zero-order chi connectivity index (χ0) is 16.5. The Morgan fingerprint density at radius 3 is 2.64 bits per heavy atom. The molecule has 3 atom stereocenters. The van der Waals surface area contributed by atoms with E-state index in [2.05, 4.69) is 49.9 Å². The van der Waals surface area contributed by atoms with E-state index in [0.29, 0.717) is 11.5 Å². The molecule has 0 saturated carbocycles. The number of aromatic nitrogens is 2. The molecule has 22 heavy (non-hydrogen) atoms. The smallest absolute Gasteiger partial charge is 0.330 e. The number of hydrogen-bond acceptors (Lipinski definition) is 3. The molecule has 1 saturated heterocycles. The van der Waals surface area contributed by atoms with Crippen LogP contribution < -0.4 is 11.2 Å². The molecular weight excluding hydrogens is 297 g/mol. The third-order valence-electron chi connectivity index (χ3n) is 3.79. The normalized spacial score (nSPS) is 24.9. The molecule has 0 aliphatic carbocycles. The van der Waals surface area contributed by atoms with Crippen LogP contribution in [-0.4, -0.2) is 23.7 Å². The molecule has 1 N–H and O–H groups in total. The minimum atomic E-state index is -1.59. The number of ether oxygens (including phenoxy) is 1. The molecule has 0 bridgehead atoms. The van der Waals surface area contributed by atoms with Gasteiger partial charge in [0.2, 0.25) is 0 Å². The lowest BCUT2D eigenvalue weighted by molar-refractivity contribution is -0.00762. The van der Waals surface area contributed by atoms with Gasteiger partial charge in [-0.1, -0.05) is 39.4 Å². The summed E-state index contributed by atoms with van der Waals surface area (Å²) in [7, 11) is -1.59. The number of aromatic amines is 1. The number of hydrogen-bond donors (Lipinski definition) is 1. The summed E-state index contributed by atoms with van der Waals surface area (Å²) >= 11 is 0. The molecule has 120 valence electrons. The zero-order valence-electron chi connectivity index (χ0n) is 13.9. The summed E-state index contributed by atoms with van der Waals surface area (Å²) in [5, 5.41) is 0. The van der Waals surface area contributed by atoms with E-state index in [0.717, 1.165) is 12.8 Å². The van der Waals surface area contributed by atoms with E-state index in [1.807, 2.05) is 0 Å². The fourth-order valence-electron chi connectivity index (χ4n) is 2.58. The van der Waals surface area contributed by atoms with Crippen molar-refractivity contribution in [2.24, 2.45) is 5.92 Å². The number of rotatable bonds is 2. The maximum Gasteiger partial charge on any atom is 0.330 e. The maximum atomic E-state index is 12.1. The second-order valence-corrected chi connectivity index (χ2v) is 11.7. The average Bonchev–Trinajstić information content (AvgIpc) is 2.77. The highest BCUT2D eigenvalue weighted by Gasteiger charge is 2.32. The van der Waals surface area contributed by atoms with Crippen molar-refractivity contribution in [1.82, 2.24) is 9.55 Å². The Bertz CT molecular complexity index is 718. The lowest BCUT2D eigenvalue weighted by Crippen LogP contribution is -2.33. The quantitative estimate of drug-likeness (QED) is 0.515. The second-order valence-electron chi connectivity index (χ2n) is 6.96. The monoisotopic (exact) mass is 321 g/mol. The number of H-pyrrole nitrogens is 1. The van der Waals surface area contributed by atoms with Crippen molar-refractivity contribution in [1.29, 1.82) is 0 Å². The first-order chi connectivity index (χ1) is 10.2. The van der Waals surface area contributed by atoms with Crippen LogP contribution in [-0.2, 0) is 4.74 Å². The Labute approximate surface area is 131 Å². The zero-order valence-corrected chi connectivity index (χ0v) is 14.9. The minimum absolute atomic E-state index is 0.153. The third kappa shape index (κ3) is 3.79. The van der Waals surface area contributed by atoms with Gasteiger partial charge >= 0.3 is 5.69 Å².